The lowest BCUT2D eigenvalue weighted by atomic mass is 9.96. The van der Waals surface area contributed by atoms with Crippen LogP contribution in [0.25, 0.3) is 6.08 Å². The van der Waals surface area contributed by atoms with Gasteiger partial charge in [-0.1, -0.05) is 50.6 Å². The number of amides is 2. The predicted octanol–water partition coefficient (Wildman–Crippen LogP) is 1.69. The van der Waals surface area contributed by atoms with Gasteiger partial charge in [0.15, 0.2) is 0 Å². The van der Waals surface area contributed by atoms with Gasteiger partial charge in [-0.2, -0.15) is 0 Å². The molecule has 2 N–H and O–H groups in total. The minimum Gasteiger partial charge on any atom is -0.339 e. The number of hydrogen-bond acceptors (Lipinski definition) is 2. The predicted molar refractivity (Wildman–Crippen MR) is 73.9 cm³/mol. The molecule has 1 aliphatic heterocycles. The zero-order chi connectivity index (χ0) is 13.8. The van der Waals surface area contributed by atoms with Gasteiger partial charge in [0.25, 0.3) is 5.91 Å². The molecule has 19 heavy (non-hydrogen) atoms. The number of carbonyl (C=O) groups excluding carboxylic acids is 2. The maximum atomic E-state index is 12.0. The highest BCUT2D eigenvalue weighted by Gasteiger charge is 2.32. The van der Waals surface area contributed by atoms with Crippen molar-refractivity contribution in [2.45, 2.75) is 26.3 Å². The first-order valence-corrected chi connectivity index (χ1v) is 6.50. The summed E-state index contributed by atoms with van der Waals surface area (Å²) in [6.45, 7) is 3.95. The Morgan fingerprint density at radius 2 is 1.95 bits per heavy atom. The van der Waals surface area contributed by atoms with E-state index in [-0.39, 0.29) is 17.7 Å². The Bertz CT molecular complexity index is 508. The van der Waals surface area contributed by atoms with Crippen LogP contribution in [0.5, 0.6) is 0 Å². The van der Waals surface area contributed by atoms with Crippen LogP contribution >= 0.6 is 0 Å². The Morgan fingerprint density at radius 1 is 1.26 bits per heavy atom. The number of benzene rings is 1. The van der Waals surface area contributed by atoms with Crippen molar-refractivity contribution >= 4 is 17.9 Å². The van der Waals surface area contributed by atoms with Gasteiger partial charge >= 0.3 is 0 Å². The Balaban J connectivity index is 2.17. The minimum atomic E-state index is -0.439. The molecule has 1 saturated heterocycles. The van der Waals surface area contributed by atoms with Crippen molar-refractivity contribution in [2.75, 3.05) is 0 Å². The van der Waals surface area contributed by atoms with Crippen molar-refractivity contribution in [3.8, 4) is 0 Å². The third kappa shape index (κ3) is 3.02. The molecule has 0 aliphatic carbocycles. The summed E-state index contributed by atoms with van der Waals surface area (Å²) >= 11 is 0. The molecule has 1 fully saturated rings. The summed E-state index contributed by atoms with van der Waals surface area (Å²) in [4.78, 5) is 24.0. The molecular formula is C15H18N2O2. The lowest BCUT2D eigenvalue weighted by molar-refractivity contribution is -0.132. The van der Waals surface area contributed by atoms with Crippen molar-refractivity contribution < 1.29 is 9.59 Å². The summed E-state index contributed by atoms with van der Waals surface area (Å²) in [5.41, 5.74) is 1.19. The standard InChI is InChI=1S/C15H18N2O2/c1-3-10(2)13-15(19)16-12(14(18)17-13)9-11-7-5-4-6-8-11/h4-10,13H,3H2,1-2H3,(H,16,19)(H,17,18)/t10-,13+/m0/s1. The zero-order valence-electron chi connectivity index (χ0n) is 11.1. The van der Waals surface area contributed by atoms with E-state index in [0.29, 0.717) is 5.70 Å². The molecule has 100 valence electrons. The topological polar surface area (TPSA) is 58.2 Å². The van der Waals surface area contributed by atoms with Crippen LogP contribution in [0.3, 0.4) is 0 Å². The van der Waals surface area contributed by atoms with Gasteiger partial charge in [-0.05, 0) is 17.6 Å². The fraction of sp³-hybridized carbons (Fsp3) is 0.333. The SMILES string of the molecule is CC[C@H](C)[C@H]1NC(=O)C(=Cc2ccccc2)NC1=O. The molecule has 4 nitrogen and oxygen atoms in total. The second kappa shape index (κ2) is 5.69. The third-order valence-electron chi connectivity index (χ3n) is 3.40. The lowest BCUT2D eigenvalue weighted by Crippen LogP contribution is -2.57. The minimum absolute atomic E-state index is 0.127. The summed E-state index contributed by atoms with van der Waals surface area (Å²) in [7, 11) is 0. The van der Waals surface area contributed by atoms with Crippen molar-refractivity contribution in [1.29, 1.82) is 0 Å². The largest absolute Gasteiger partial charge is 0.339 e. The molecule has 0 bridgehead atoms. The molecule has 2 atom stereocenters. The highest BCUT2D eigenvalue weighted by Crippen LogP contribution is 2.14. The molecule has 1 aromatic rings. The third-order valence-corrected chi connectivity index (χ3v) is 3.40. The molecule has 2 rings (SSSR count). The van der Waals surface area contributed by atoms with Crippen molar-refractivity contribution in [2.24, 2.45) is 5.92 Å². The van der Waals surface area contributed by atoms with Crippen LogP contribution < -0.4 is 10.6 Å². The van der Waals surface area contributed by atoms with E-state index in [1.807, 2.05) is 44.2 Å². The van der Waals surface area contributed by atoms with Gasteiger partial charge in [-0.3, -0.25) is 9.59 Å². The molecule has 0 unspecified atom stereocenters. The van der Waals surface area contributed by atoms with Crippen LogP contribution in [-0.2, 0) is 9.59 Å². The van der Waals surface area contributed by atoms with Gasteiger partial charge in [0.1, 0.15) is 11.7 Å². The summed E-state index contributed by atoms with van der Waals surface area (Å²) < 4.78 is 0. The van der Waals surface area contributed by atoms with E-state index >= 15 is 0 Å². The van der Waals surface area contributed by atoms with E-state index in [0.717, 1.165) is 12.0 Å². The quantitative estimate of drug-likeness (QED) is 0.811. The monoisotopic (exact) mass is 258 g/mol. The molecule has 0 saturated carbocycles. The second-order valence-corrected chi connectivity index (χ2v) is 4.79. The van der Waals surface area contributed by atoms with Crippen LogP contribution in [0.2, 0.25) is 0 Å². The van der Waals surface area contributed by atoms with Crippen LogP contribution in [0.1, 0.15) is 25.8 Å². The van der Waals surface area contributed by atoms with E-state index in [9.17, 15) is 9.59 Å². The molecule has 1 aromatic carbocycles. The van der Waals surface area contributed by atoms with E-state index in [1.54, 1.807) is 6.08 Å². The van der Waals surface area contributed by atoms with E-state index in [4.69, 9.17) is 0 Å². The number of carbonyl (C=O) groups is 2. The van der Waals surface area contributed by atoms with E-state index in [1.165, 1.54) is 0 Å². The van der Waals surface area contributed by atoms with Crippen molar-refractivity contribution in [3.63, 3.8) is 0 Å². The number of nitrogens with one attached hydrogen (secondary N) is 2. The molecular weight excluding hydrogens is 240 g/mol. The van der Waals surface area contributed by atoms with Crippen LogP contribution in [0.4, 0.5) is 0 Å². The fourth-order valence-electron chi connectivity index (χ4n) is 2.01. The van der Waals surface area contributed by atoms with Crippen molar-refractivity contribution in [1.82, 2.24) is 10.6 Å². The van der Waals surface area contributed by atoms with Gasteiger partial charge in [0.05, 0.1) is 0 Å². The Kier molecular flexibility index (Phi) is 4.00. The highest BCUT2D eigenvalue weighted by atomic mass is 16.2. The molecule has 0 radical (unpaired) electrons. The van der Waals surface area contributed by atoms with Gasteiger partial charge in [0.2, 0.25) is 5.91 Å². The molecule has 2 amide bonds. The Labute approximate surface area is 112 Å². The molecule has 0 aromatic heterocycles. The van der Waals surface area contributed by atoms with Gasteiger partial charge in [0, 0.05) is 0 Å². The molecule has 4 heteroatoms. The summed E-state index contributed by atoms with van der Waals surface area (Å²) in [5.74, 6) is -0.243. The summed E-state index contributed by atoms with van der Waals surface area (Å²) in [6, 6.07) is 9.00. The van der Waals surface area contributed by atoms with Gasteiger partial charge in [-0.25, -0.2) is 0 Å². The summed E-state index contributed by atoms with van der Waals surface area (Å²) in [5, 5.41) is 5.46. The summed E-state index contributed by atoms with van der Waals surface area (Å²) in [6.07, 6.45) is 2.52. The van der Waals surface area contributed by atoms with E-state index in [2.05, 4.69) is 10.6 Å². The first-order valence-electron chi connectivity index (χ1n) is 6.50. The fourth-order valence-corrected chi connectivity index (χ4v) is 2.01. The average molecular weight is 258 g/mol. The Morgan fingerprint density at radius 3 is 2.58 bits per heavy atom. The Hall–Kier alpha value is -2.10. The zero-order valence-corrected chi connectivity index (χ0v) is 11.1. The first-order chi connectivity index (χ1) is 9.11. The van der Waals surface area contributed by atoms with Crippen LogP contribution in [0.15, 0.2) is 36.0 Å². The molecule has 1 heterocycles. The highest BCUT2D eigenvalue weighted by molar-refractivity contribution is 6.07. The van der Waals surface area contributed by atoms with Crippen LogP contribution in [0, 0.1) is 5.92 Å². The van der Waals surface area contributed by atoms with E-state index < -0.39 is 6.04 Å². The smallest absolute Gasteiger partial charge is 0.268 e. The normalized spacial score (nSPS) is 22.8. The van der Waals surface area contributed by atoms with Crippen LogP contribution in [-0.4, -0.2) is 17.9 Å². The maximum absolute atomic E-state index is 12.0. The average Bonchev–Trinajstić information content (AvgIpc) is 2.43. The van der Waals surface area contributed by atoms with Gasteiger partial charge < -0.3 is 10.6 Å². The number of rotatable bonds is 3. The number of piperazine rings is 1. The maximum Gasteiger partial charge on any atom is 0.268 e. The number of hydrogen-bond donors (Lipinski definition) is 2. The lowest BCUT2D eigenvalue weighted by Gasteiger charge is -2.28. The van der Waals surface area contributed by atoms with Gasteiger partial charge in [-0.15, -0.1) is 0 Å². The van der Waals surface area contributed by atoms with Crippen molar-refractivity contribution in [3.05, 3.63) is 41.6 Å². The molecule has 1 aliphatic rings. The first kappa shape index (κ1) is 13.3. The second-order valence-electron chi connectivity index (χ2n) is 4.79. The molecule has 0 spiro atoms.